The van der Waals surface area contributed by atoms with Crippen LogP contribution in [-0.4, -0.2) is 92.6 Å². The molecule has 0 aliphatic heterocycles. The molecule has 276 valence electrons. The van der Waals surface area contributed by atoms with Gasteiger partial charge in [0.15, 0.2) is 0 Å². The van der Waals surface area contributed by atoms with Crippen LogP contribution in [0.15, 0.2) is 78.5 Å². The van der Waals surface area contributed by atoms with Crippen molar-refractivity contribution in [3.8, 4) is 0 Å². The van der Waals surface area contributed by atoms with Crippen LogP contribution in [0.2, 0.25) is 0 Å². The predicted octanol–water partition coefficient (Wildman–Crippen LogP) is 3.60. The lowest BCUT2D eigenvalue weighted by Gasteiger charge is -2.12. The van der Waals surface area contributed by atoms with Gasteiger partial charge in [0, 0.05) is 55.3 Å². The van der Waals surface area contributed by atoms with Crippen LogP contribution in [0.1, 0.15) is 43.0 Å². The molecule has 51 heavy (non-hydrogen) atoms. The van der Waals surface area contributed by atoms with Gasteiger partial charge in [0.05, 0.1) is 33.0 Å². The van der Waals surface area contributed by atoms with Crippen LogP contribution in [-0.2, 0) is 19.0 Å². The normalized spacial score (nSPS) is 11.4. The topological polar surface area (TPSA) is 213 Å². The van der Waals surface area contributed by atoms with Crippen LogP contribution in [0.4, 0.5) is 29.2 Å². The molecular weight excluding hydrogens is 652 g/mol. The maximum absolute atomic E-state index is 12.3. The third kappa shape index (κ3) is 17.9. The van der Waals surface area contributed by atoms with Crippen LogP contribution in [0.25, 0.3) is 0 Å². The molecule has 3 aromatic rings. The Morgan fingerprint density at radius 2 is 1.41 bits per heavy atom. The molecule has 0 spiro atoms. The highest BCUT2D eigenvalue weighted by Gasteiger charge is 2.09. The number of nitrogen functional groups attached to an aromatic ring is 1. The van der Waals surface area contributed by atoms with Gasteiger partial charge in [-0.2, -0.15) is 15.0 Å². The van der Waals surface area contributed by atoms with Crippen molar-refractivity contribution in [3.63, 3.8) is 0 Å². The van der Waals surface area contributed by atoms with E-state index >= 15 is 0 Å². The number of nitrogens with one attached hydrogen (secondary N) is 5. The number of carbonyl (C=O) groups is 2. The third-order valence-corrected chi connectivity index (χ3v) is 7.00. The number of carbonyl (C=O) groups excluding carboxylic acids is 2. The quantitative estimate of drug-likeness (QED) is 0.0362. The van der Waals surface area contributed by atoms with Gasteiger partial charge < -0.3 is 52.3 Å². The van der Waals surface area contributed by atoms with Gasteiger partial charge >= 0.3 is 0 Å². The first-order valence-electron chi connectivity index (χ1n) is 17.2. The Morgan fingerprint density at radius 3 is 2.14 bits per heavy atom. The molecule has 15 heteroatoms. The van der Waals surface area contributed by atoms with Gasteiger partial charge in [0.2, 0.25) is 23.8 Å². The summed E-state index contributed by atoms with van der Waals surface area (Å²) in [6.07, 6.45) is 8.63. The zero-order valence-electron chi connectivity index (χ0n) is 29.4. The maximum Gasteiger partial charge on any atom is 0.251 e. The molecule has 0 saturated carbocycles. The van der Waals surface area contributed by atoms with Gasteiger partial charge in [-0.05, 0) is 75.2 Å². The number of unbranched alkanes of at least 4 members (excludes halogenated alkanes) is 2. The van der Waals surface area contributed by atoms with E-state index in [-0.39, 0.29) is 18.2 Å². The molecule has 0 unspecified atom stereocenters. The van der Waals surface area contributed by atoms with E-state index in [0.29, 0.717) is 101 Å². The van der Waals surface area contributed by atoms with Gasteiger partial charge in [0.25, 0.3) is 5.91 Å². The van der Waals surface area contributed by atoms with E-state index < -0.39 is 0 Å². The molecule has 2 aromatic carbocycles. The molecule has 0 fully saturated rings. The van der Waals surface area contributed by atoms with E-state index in [2.05, 4.69) is 41.5 Å². The van der Waals surface area contributed by atoms with Crippen LogP contribution in [0.3, 0.4) is 0 Å². The van der Waals surface area contributed by atoms with Gasteiger partial charge in [-0.1, -0.05) is 30.4 Å². The lowest BCUT2D eigenvalue weighted by molar-refractivity contribution is -0.120. The molecule has 15 nitrogen and oxygen atoms in total. The molecule has 1 heterocycles. The minimum Gasteiger partial charge on any atom is -0.399 e. The maximum atomic E-state index is 12.3. The van der Waals surface area contributed by atoms with Gasteiger partial charge in [-0.3, -0.25) is 9.59 Å². The van der Waals surface area contributed by atoms with Gasteiger partial charge in [0.1, 0.15) is 0 Å². The molecule has 9 N–H and O–H groups in total. The van der Waals surface area contributed by atoms with E-state index in [4.69, 9.17) is 25.7 Å². The predicted molar refractivity (Wildman–Crippen MR) is 201 cm³/mol. The Labute approximate surface area is 300 Å². The number of rotatable bonds is 26. The van der Waals surface area contributed by atoms with E-state index in [9.17, 15) is 9.59 Å². The fourth-order valence-electron chi connectivity index (χ4n) is 4.34. The number of nitrogens with zero attached hydrogens (tertiary/aromatic N) is 3. The Balaban J connectivity index is 1.42. The van der Waals surface area contributed by atoms with Crippen molar-refractivity contribution in [2.24, 2.45) is 5.73 Å². The van der Waals surface area contributed by atoms with Crippen LogP contribution >= 0.6 is 0 Å². The second kappa shape index (κ2) is 25.0. The highest BCUT2D eigenvalue weighted by atomic mass is 16.5. The standard InChI is InChI=1S/C36H52N10O5/c1-2-30(12-9-13-32(47)39-19-23-49-22-8-4-7-18-37)42-35-44-34(45-36(46-35)43-31-16-14-29(38)15-17-31)41-21-25-51-27-26-50-24-20-40-33(48)28-10-5-3-6-11-28/h2-3,5-6,9-12,14-17H,4,7-8,13,18-27,37-38H2,1H3,(H,39,47)(H,40,48)(H3,41,42,43,44,45,46)/b12-9-,30-2+. The van der Waals surface area contributed by atoms with Gasteiger partial charge in [-0.15, -0.1) is 0 Å². The molecule has 1 aromatic heterocycles. The Morgan fingerprint density at radius 1 is 0.745 bits per heavy atom. The average Bonchev–Trinajstić information content (AvgIpc) is 3.14. The minimum absolute atomic E-state index is 0.101. The summed E-state index contributed by atoms with van der Waals surface area (Å²) in [7, 11) is 0. The highest BCUT2D eigenvalue weighted by molar-refractivity contribution is 5.94. The SMILES string of the molecule is C/C=C(\C=C/CC(=O)NCCOCCCCCN)Nc1nc(NCCOCCOCCNC(=O)c2ccccc2)nc(Nc2ccc(N)cc2)n1. The second-order valence-electron chi connectivity index (χ2n) is 11.1. The summed E-state index contributed by atoms with van der Waals surface area (Å²) in [5, 5.41) is 15.2. The molecular formula is C36H52N10O5. The van der Waals surface area contributed by atoms with Crippen molar-refractivity contribution < 1.29 is 23.8 Å². The number of anilines is 5. The van der Waals surface area contributed by atoms with E-state index in [1.54, 1.807) is 36.4 Å². The number of benzene rings is 2. The lowest BCUT2D eigenvalue weighted by Crippen LogP contribution is -2.27. The monoisotopic (exact) mass is 704 g/mol. The van der Waals surface area contributed by atoms with Crippen molar-refractivity contribution >= 4 is 41.0 Å². The number of aromatic nitrogens is 3. The molecule has 0 bridgehead atoms. The number of allylic oxidation sites excluding steroid dienone is 2. The zero-order chi connectivity index (χ0) is 36.4. The second-order valence-corrected chi connectivity index (χ2v) is 11.1. The Kier molecular flexibility index (Phi) is 19.7. The summed E-state index contributed by atoms with van der Waals surface area (Å²) in [4.78, 5) is 37.9. The first kappa shape index (κ1) is 40.3. The Bertz CT molecular complexity index is 1490. The number of nitrogens with two attached hydrogens (primary N) is 2. The van der Waals surface area contributed by atoms with E-state index in [1.165, 1.54) is 0 Å². The molecule has 0 aliphatic carbocycles. The minimum atomic E-state index is -0.133. The van der Waals surface area contributed by atoms with Crippen molar-refractivity contribution in [2.75, 3.05) is 87.5 Å². The molecule has 0 atom stereocenters. The Hall–Kier alpha value is -5.09. The third-order valence-electron chi connectivity index (χ3n) is 7.00. The summed E-state index contributed by atoms with van der Waals surface area (Å²) in [5.41, 5.74) is 14.0. The van der Waals surface area contributed by atoms with Crippen LogP contribution in [0.5, 0.6) is 0 Å². The summed E-state index contributed by atoms with van der Waals surface area (Å²) < 4.78 is 16.8. The molecule has 0 radical (unpaired) electrons. The lowest BCUT2D eigenvalue weighted by atomic mass is 10.2. The first-order valence-corrected chi connectivity index (χ1v) is 17.2. The summed E-state index contributed by atoms with van der Waals surface area (Å²) in [6.45, 7) is 6.55. The largest absolute Gasteiger partial charge is 0.399 e. The molecule has 2 amide bonds. The van der Waals surface area contributed by atoms with E-state index in [0.717, 1.165) is 24.9 Å². The molecule has 0 aliphatic rings. The molecule has 3 rings (SSSR count). The van der Waals surface area contributed by atoms with Crippen LogP contribution in [0, 0.1) is 0 Å². The highest BCUT2D eigenvalue weighted by Crippen LogP contribution is 2.18. The van der Waals surface area contributed by atoms with E-state index in [1.807, 2.05) is 43.3 Å². The van der Waals surface area contributed by atoms with Gasteiger partial charge in [-0.25, -0.2) is 0 Å². The fraction of sp³-hybridized carbons (Fsp3) is 0.417. The van der Waals surface area contributed by atoms with Crippen molar-refractivity contribution in [1.82, 2.24) is 25.6 Å². The summed E-state index contributed by atoms with van der Waals surface area (Å²) in [6, 6.07) is 16.2. The summed E-state index contributed by atoms with van der Waals surface area (Å²) >= 11 is 0. The summed E-state index contributed by atoms with van der Waals surface area (Å²) in [5.74, 6) is 0.709. The number of hydrogen-bond acceptors (Lipinski definition) is 13. The zero-order valence-corrected chi connectivity index (χ0v) is 29.4. The first-order chi connectivity index (χ1) is 25.0. The number of amides is 2. The van der Waals surface area contributed by atoms with Crippen molar-refractivity contribution in [1.29, 1.82) is 0 Å². The van der Waals surface area contributed by atoms with Crippen molar-refractivity contribution in [3.05, 3.63) is 84.1 Å². The number of ether oxygens (including phenoxy) is 3. The fourth-order valence-corrected chi connectivity index (χ4v) is 4.34. The van der Waals surface area contributed by atoms with Crippen molar-refractivity contribution in [2.45, 2.75) is 32.6 Å². The molecule has 0 saturated heterocycles. The van der Waals surface area contributed by atoms with Crippen LogP contribution < -0.4 is 38.1 Å². The smallest absolute Gasteiger partial charge is 0.251 e. The average molecular weight is 705 g/mol. The number of hydrogen-bond donors (Lipinski definition) is 7.